The molecule has 2 rings (SSSR count). The summed E-state index contributed by atoms with van der Waals surface area (Å²) in [5.74, 6) is -2.42. The van der Waals surface area contributed by atoms with Crippen LogP contribution in [0, 0.1) is 0 Å². The number of nitrogens with one attached hydrogen (secondary N) is 1. The predicted octanol–water partition coefficient (Wildman–Crippen LogP) is 2.28. The zero-order valence-electron chi connectivity index (χ0n) is 17.8. The minimum Gasteiger partial charge on any atom is -0.481 e. The number of rotatable bonds is 14. The molecule has 0 radical (unpaired) electrons. The van der Waals surface area contributed by atoms with Crippen molar-refractivity contribution in [1.29, 1.82) is 0 Å². The molecule has 1 aliphatic heterocycles. The molecular formula is C21H29N3O8. The molecule has 0 unspecified atom stereocenters. The number of carbonyl (C=O) groups excluding carboxylic acids is 2. The first-order valence-corrected chi connectivity index (χ1v) is 10.3. The second-order valence-electron chi connectivity index (χ2n) is 6.84. The lowest BCUT2D eigenvalue weighted by atomic mass is 10.2. The monoisotopic (exact) mass is 451 g/mol. The van der Waals surface area contributed by atoms with E-state index in [0.29, 0.717) is 32.3 Å². The van der Waals surface area contributed by atoms with Crippen LogP contribution in [0.3, 0.4) is 0 Å². The smallest absolute Gasteiger partial charge is 0.306 e. The van der Waals surface area contributed by atoms with Crippen LogP contribution in [0.5, 0.6) is 0 Å². The zero-order chi connectivity index (χ0) is 23.6. The number of aromatic nitrogens is 2. The van der Waals surface area contributed by atoms with Gasteiger partial charge in [-0.2, -0.15) is 0 Å². The van der Waals surface area contributed by atoms with Gasteiger partial charge in [-0.1, -0.05) is 0 Å². The average molecular weight is 451 g/mol. The van der Waals surface area contributed by atoms with Gasteiger partial charge in [-0.15, -0.1) is 0 Å². The normalized spacial score (nSPS) is 11.8. The maximum Gasteiger partial charge on any atom is 0.306 e. The summed E-state index contributed by atoms with van der Waals surface area (Å²) in [6.07, 6.45) is 10.0. The van der Waals surface area contributed by atoms with Crippen LogP contribution in [-0.2, 0) is 35.1 Å². The molecule has 0 atom stereocenters. The van der Waals surface area contributed by atoms with Crippen molar-refractivity contribution in [3.63, 3.8) is 0 Å². The Morgan fingerprint density at radius 2 is 1.59 bits per heavy atom. The van der Waals surface area contributed by atoms with Crippen molar-refractivity contribution in [1.82, 2.24) is 9.97 Å². The van der Waals surface area contributed by atoms with Gasteiger partial charge in [0.25, 0.3) is 0 Å². The highest BCUT2D eigenvalue weighted by atomic mass is 16.5. The van der Waals surface area contributed by atoms with E-state index in [1.54, 1.807) is 18.7 Å². The minimum atomic E-state index is -0.888. The quantitative estimate of drug-likeness (QED) is 0.284. The Morgan fingerprint density at radius 3 is 2.22 bits per heavy atom. The second kappa shape index (κ2) is 16.2. The lowest BCUT2D eigenvalue weighted by Gasteiger charge is -2.04. The Balaban J connectivity index is 0.000000320. The van der Waals surface area contributed by atoms with Gasteiger partial charge in [-0.25, -0.2) is 4.98 Å². The van der Waals surface area contributed by atoms with Gasteiger partial charge < -0.3 is 24.7 Å². The molecule has 1 aliphatic rings. The molecule has 32 heavy (non-hydrogen) atoms. The SMILES string of the molecule is O=C(O)CCCC(=O)OCCC1=CN=CC1.O=C(O)CCCOC(=O)CCc1cnc[nH]1. The summed E-state index contributed by atoms with van der Waals surface area (Å²) in [6.45, 7) is 0.509. The number of aliphatic imine (C=N–C) groups is 1. The molecule has 0 aromatic carbocycles. The highest BCUT2D eigenvalue weighted by Gasteiger charge is 2.07. The zero-order valence-corrected chi connectivity index (χ0v) is 17.8. The second-order valence-corrected chi connectivity index (χ2v) is 6.84. The lowest BCUT2D eigenvalue weighted by Crippen LogP contribution is -2.08. The number of carboxylic acids is 2. The summed E-state index contributed by atoms with van der Waals surface area (Å²) in [6, 6.07) is 0. The van der Waals surface area contributed by atoms with E-state index in [1.165, 1.54) is 0 Å². The third kappa shape index (κ3) is 14.5. The van der Waals surface area contributed by atoms with E-state index >= 15 is 0 Å². The fourth-order valence-corrected chi connectivity index (χ4v) is 2.44. The standard InChI is InChI=1S/C11H15NO4.C10H14N2O4/c13-10(14)2-1-3-11(15)16-7-5-9-4-6-12-8-9;13-9(14)2-1-5-16-10(15)4-3-8-6-11-7-12-8/h6,8H,1-5,7H2,(H,13,14);6-7H,1-5H2,(H,11,12)(H,13,14). The van der Waals surface area contributed by atoms with E-state index in [1.807, 2.05) is 6.21 Å². The number of imidazole rings is 1. The van der Waals surface area contributed by atoms with Gasteiger partial charge in [-0.3, -0.25) is 24.2 Å². The number of ether oxygens (including phenoxy) is 2. The molecule has 2 heterocycles. The van der Waals surface area contributed by atoms with Crippen LogP contribution in [-0.4, -0.2) is 63.5 Å². The average Bonchev–Trinajstić information content (AvgIpc) is 3.44. The van der Waals surface area contributed by atoms with E-state index < -0.39 is 11.9 Å². The fraction of sp³-hybridized carbons (Fsp3) is 0.524. The van der Waals surface area contributed by atoms with Crippen LogP contribution in [0.4, 0.5) is 0 Å². The highest BCUT2D eigenvalue weighted by Crippen LogP contribution is 2.11. The van der Waals surface area contributed by atoms with Gasteiger partial charge in [0.2, 0.25) is 0 Å². The summed E-state index contributed by atoms with van der Waals surface area (Å²) in [7, 11) is 0. The van der Waals surface area contributed by atoms with Crippen molar-refractivity contribution < 1.29 is 38.9 Å². The molecule has 0 fully saturated rings. The number of hydrogen-bond acceptors (Lipinski definition) is 8. The molecule has 1 aromatic rings. The maximum absolute atomic E-state index is 11.2. The van der Waals surface area contributed by atoms with Crippen LogP contribution in [0.25, 0.3) is 0 Å². The summed E-state index contributed by atoms with van der Waals surface area (Å²) in [5.41, 5.74) is 2.03. The van der Waals surface area contributed by atoms with Crippen molar-refractivity contribution in [2.45, 2.75) is 57.8 Å². The van der Waals surface area contributed by atoms with Crippen LogP contribution in [0.1, 0.15) is 57.1 Å². The fourth-order valence-electron chi connectivity index (χ4n) is 2.44. The number of hydrogen-bond donors (Lipinski definition) is 3. The summed E-state index contributed by atoms with van der Waals surface area (Å²) in [5, 5.41) is 16.7. The molecule has 0 bridgehead atoms. The maximum atomic E-state index is 11.2. The molecular weight excluding hydrogens is 422 g/mol. The van der Waals surface area contributed by atoms with E-state index in [0.717, 1.165) is 17.7 Å². The third-order valence-electron chi connectivity index (χ3n) is 4.13. The van der Waals surface area contributed by atoms with Gasteiger partial charge >= 0.3 is 23.9 Å². The number of carbonyl (C=O) groups is 4. The molecule has 0 amide bonds. The van der Waals surface area contributed by atoms with Crippen molar-refractivity contribution in [2.24, 2.45) is 4.99 Å². The Morgan fingerprint density at radius 1 is 0.906 bits per heavy atom. The first-order valence-electron chi connectivity index (χ1n) is 10.3. The molecule has 0 aliphatic carbocycles. The largest absolute Gasteiger partial charge is 0.481 e. The van der Waals surface area contributed by atoms with E-state index in [-0.39, 0.29) is 44.2 Å². The molecule has 11 nitrogen and oxygen atoms in total. The van der Waals surface area contributed by atoms with E-state index in [9.17, 15) is 19.2 Å². The molecule has 3 N–H and O–H groups in total. The number of carboxylic acid groups (broad SMARTS) is 2. The van der Waals surface area contributed by atoms with Crippen molar-refractivity contribution in [3.8, 4) is 0 Å². The van der Waals surface area contributed by atoms with Gasteiger partial charge in [-0.05, 0) is 24.8 Å². The first kappa shape index (κ1) is 26.5. The first-order chi connectivity index (χ1) is 15.4. The summed E-state index contributed by atoms with van der Waals surface area (Å²) in [4.78, 5) is 53.3. The molecule has 1 aromatic heterocycles. The molecule has 11 heteroatoms. The Kier molecular flexibility index (Phi) is 13.5. The van der Waals surface area contributed by atoms with E-state index in [2.05, 4.69) is 15.0 Å². The van der Waals surface area contributed by atoms with Gasteiger partial charge in [0, 0.05) is 56.4 Å². The lowest BCUT2D eigenvalue weighted by molar-refractivity contribution is -0.145. The van der Waals surface area contributed by atoms with Gasteiger partial charge in [0.15, 0.2) is 0 Å². The predicted molar refractivity (Wildman–Crippen MR) is 113 cm³/mol. The summed E-state index contributed by atoms with van der Waals surface area (Å²) >= 11 is 0. The molecule has 0 saturated heterocycles. The molecule has 176 valence electrons. The van der Waals surface area contributed by atoms with Crippen LogP contribution in [0.15, 0.2) is 29.3 Å². The Labute approximate surface area is 185 Å². The van der Waals surface area contributed by atoms with Crippen LogP contribution >= 0.6 is 0 Å². The molecule has 0 spiro atoms. The number of esters is 2. The Hall–Kier alpha value is -3.50. The number of aromatic amines is 1. The van der Waals surface area contributed by atoms with Crippen molar-refractivity contribution in [3.05, 3.63) is 30.0 Å². The van der Waals surface area contributed by atoms with Gasteiger partial charge in [0.1, 0.15) is 0 Å². The minimum absolute atomic E-state index is 0.00803. The van der Waals surface area contributed by atoms with Crippen molar-refractivity contribution >= 4 is 30.1 Å². The molecule has 0 saturated carbocycles. The van der Waals surface area contributed by atoms with Crippen LogP contribution in [0.2, 0.25) is 0 Å². The number of H-pyrrole nitrogens is 1. The topological polar surface area (TPSA) is 168 Å². The number of aryl methyl sites for hydroxylation is 1. The van der Waals surface area contributed by atoms with Gasteiger partial charge in [0.05, 0.1) is 26.0 Å². The third-order valence-corrected chi connectivity index (χ3v) is 4.13. The number of nitrogens with zero attached hydrogens (tertiary/aromatic N) is 2. The Bertz CT molecular complexity index is 787. The number of aliphatic carboxylic acids is 2. The highest BCUT2D eigenvalue weighted by molar-refractivity contribution is 5.71. The van der Waals surface area contributed by atoms with Crippen LogP contribution < -0.4 is 0 Å². The van der Waals surface area contributed by atoms with Crippen molar-refractivity contribution in [2.75, 3.05) is 13.2 Å². The van der Waals surface area contributed by atoms with E-state index in [4.69, 9.17) is 19.7 Å². The summed E-state index contributed by atoms with van der Waals surface area (Å²) < 4.78 is 9.81.